The number of hydrogen-bond donors (Lipinski definition) is 0. The van der Waals surface area contributed by atoms with Crippen LogP contribution in [-0.2, 0) is 28.6 Å². The summed E-state index contributed by atoms with van der Waals surface area (Å²) in [4.78, 5) is 38.1. The summed E-state index contributed by atoms with van der Waals surface area (Å²) in [6.45, 7) is 6.35. The van der Waals surface area contributed by atoms with Crippen LogP contribution < -0.4 is 0 Å². The summed E-state index contributed by atoms with van der Waals surface area (Å²) in [5.41, 5.74) is 0. The second-order valence-corrected chi connectivity index (χ2v) is 17.7. The molecule has 0 saturated heterocycles. The SMILES string of the molecule is CC/C=C\C/C=C\C/C=C\C/C=C\C/C=C\C/C=C\CCC(=O)OC[C@@H](COC(=O)CCCC/C=C\C/C=C\C/C=C\CCCCC)OC(=O)CCCCCCCCC/C=C\C/C=C\CCCCC. The van der Waals surface area contributed by atoms with Crippen molar-refractivity contribution in [2.45, 2.75) is 232 Å². The minimum absolute atomic E-state index is 0.129. The van der Waals surface area contributed by atoms with Gasteiger partial charge < -0.3 is 14.2 Å². The molecule has 388 valence electrons. The van der Waals surface area contributed by atoms with Crippen LogP contribution >= 0.6 is 0 Å². The lowest BCUT2D eigenvalue weighted by Gasteiger charge is -2.18. The molecule has 0 saturated carbocycles. The van der Waals surface area contributed by atoms with E-state index in [1.807, 2.05) is 12.2 Å². The first-order valence-electron chi connectivity index (χ1n) is 27.7. The Balaban J connectivity index is 4.59. The zero-order chi connectivity index (χ0) is 50.0. The van der Waals surface area contributed by atoms with Crippen LogP contribution in [0, 0.1) is 0 Å². The normalized spacial score (nSPS) is 13.1. The highest BCUT2D eigenvalue weighted by molar-refractivity contribution is 5.71. The molecule has 0 aromatic heterocycles. The van der Waals surface area contributed by atoms with E-state index < -0.39 is 6.10 Å². The van der Waals surface area contributed by atoms with Crippen LogP contribution in [0.3, 0.4) is 0 Å². The average Bonchev–Trinajstić information content (AvgIpc) is 3.35. The number of carbonyl (C=O) groups is 3. The van der Waals surface area contributed by atoms with E-state index in [1.165, 1.54) is 70.6 Å². The van der Waals surface area contributed by atoms with Crippen molar-refractivity contribution >= 4 is 17.9 Å². The van der Waals surface area contributed by atoms with Crippen molar-refractivity contribution in [1.29, 1.82) is 0 Å². The van der Waals surface area contributed by atoms with Crippen LogP contribution in [0.1, 0.15) is 226 Å². The molecule has 1 atom stereocenters. The van der Waals surface area contributed by atoms with Gasteiger partial charge in [0.15, 0.2) is 6.10 Å². The highest BCUT2D eigenvalue weighted by Crippen LogP contribution is 2.13. The molecule has 0 aromatic rings. The highest BCUT2D eigenvalue weighted by atomic mass is 16.6. The summed E-state index contributed by atoms with van der Waals surface area (Å²) in [5.74, 6) is -1.06. The molecule has 0 aromatic carbocycles. The van der Waals surface area contributed by atoms with Crippen LogP contribution in [0.15, 0.2) is 134 Å². The van der Waals surface area contributed by atoms with Gasteiger partial charge in [0, 0.05) is 19.3 Å². The highest BCUT2D eigenvalue weighted by Gasteiger charge is 2.19. The van der Waals surface area contributed by atoms with Crippen molar-refractivity contribution in [3.8, 4) is 0 Å². The van der Waals surface area contributed by atoms with Crippen LogP contribution in [-0.4, -0.2) is 37.2 Å². The topological polar surface area (TPSA) is 78.9 Å². The first kappa shape index (κ1) is 64.5. The maximum Gasteiger partial charge on any atom is 0.306 e. The fourth-order valence-corrected chi connectivity index (χ4v) is 6.97. The van der Waals surface area contributed by atoms with Gasteiger partial charge in [-0.2, -0.15) is 0 Å². The van der Waals surface area contributed by atoms with Crippen LogP contribution in [0.25, 0.3) is 0 Å². The van der Waals surface area contributed by atoms with Gasteiger partial charge in [-0.05, 0) is 128 Å². The van der Waals surface area contributed by atoms with Gasteiger partial charge in [0.25, 0.3) is 0 Å². The Hall–Kier alpha value is -4.45. The maximum atomic E-state index is 12.8. The quantitative estimate of drug-likeness (QED) is 0.0262. The van der Waals surface area contributed by atoms with Gasteiger partial charge in [-0.15, -0.1) is 0 Å². The van der Waals surface area contributed by atoms with Gasteiger partial charge in [0.1, 0.15) is 13.2 Å². The number of ether oxygens (including phenoxy) is 3. The summed E-state index contributed by atoms with van der Waals surface area (Å²) in [6.07, 6.45) is 78.7. The number of esters is 3. The van der Waals surface area contributed by atoms with Crippen LogP contribution in [0.4, 0.5) is 0 Å². The predicted molar refractivity (Wildman–Crippen MR) is 297 cm³/mol. The third-order valence-corrected chi connectivity index (χ3v) is 11.1. The standard InChI is InChI=1S/C63H100O6/c1-4-7-10-13-16-19-22-25-28-30-31-33-35-38-41-44-47-50-53-56-62(65)68-59-60(58-67-61(64)55-52-49-46-43-40-37-34-27-24-21-18-15-12-9-6-3)69-63(66)57-54-51-48-45-42-39-36-32-29-26-23-20-17-14-11-8-5-2/h7,10,16-21,25-29,31,33-34,38,40-41,43,47,50,60H,4-6,8-9,11-15,22-24,30,32,35-37,39,42,44-46,48-49,51-59H2,1-3H3/b10-7-,19-16-,20-17-,21-18-,28-25-,29-26-,33-31-,34-27-,41-38-,43-40-,50-47-/t60-/m1/s1. The molecule has 6 nitrogen and oxygen atoms in total. The molecule has 0 aliphatic rings. The zero-order valence-corrected chi connectivity index (χ0v) is 44.3. The van der Waals surface area contributed by atoms with Crippen molar-refractivity contribution in [2.24, 2.45) is 0 Å². The number of allylic oxidation sites excluding steroid dienone is 22. The van der Waals surface area contributed by atoms with Crippen molar-refractivity contribution in [2.75, 3.05) is 13.2 Å². The van der Waals surface area contributed by atoms with Crippen molar-refractivity contribution < 1.29 is 28.6 Å². The Labute approximate surface area is 424 Å². The summed E-state index contributed by atoms with van der Waals surface area (Å²) < 4.78 is 16.7. The minimum Gasteiger partial charge on any atom is -0.462 e. The average molecular weight is 953 g/mol. The van der Waals surface area contributed by atoms with E-state index in [2.05, 4.69) is 142 Å². The molecule has 0 rings (SSSR count). The van der Waals surface area contributed by atoms with Crippen molar-refractivity contribution in [3.05, 3.63) is 134 Å². The molecule has 0 aliphatic carbocycles. The lowest BCUT2D eigenvalue weighted by Crippen LogP contribution is -2.30. The van der Waals surface area contributed by atoms with E-state index in [4.69, 9.17) is 14.2 Å². The molecule has 6 heteroatoms. The first-order valence-corrected chi connectivity index (χ1v) is 27.7. The summed E-state index contributed by atoms with van der Waals surface area (Å²) in [7, 11) is 0. The largest absolute Gasteiger partial charge is 0.462 e. The van der Waals surface area contributed by atoms with E-state index in [1.54, 1.807) is 0 Å². The van der Waals surface area contributed by atoms with Gasteiger partial charge >= 0.3 is 17.9 Å². The fraction of sp³-hybridized carbons (Fsp3) is 0.603. The van der Waals surface area contributed by atoms with Gasteiger partial charge in [-0.3, -0.25) is 14.4 Å². The summed E-state index contributed by atoms with van der Waals surface area (Å²) in [6, 6.07) is 0. The Morgan fingerprint density at radius 2 is 0.594 bits per heavy atom. The van der Waals surface area contributed by atoms with Gasteiger partial charge in [0.05, 0.1) is 0 Å². The summed E-state index contributed by atoms with van der Waals surface area (Å²) >= 11 is 0. The zero-order valence-electron chi connectivity index (χ0n) is 44.3. The molecule has 0 amide bonds. The third-order valence-electron chi connectivity index (χ3n) is 11.1. The summed E-state index contributed by atoms with van der Waals surface area (Å²) in [5, 5.41) is 0. The van der Waals surface area contributed by atoms with E-state index >= 15 is 0 Å². The van der Waals surface area contributed by atoms with Crippen molar-refractivity contribution in [3.63, 3.8) is 0 Å². The molecule has 69 heavy (non-hydrogen) atoms. The Morgan fingerprint density at radius 1 is 0.304 bits per heavy atom. The molecule has 0 unspecified atom stereocenters. The lowest BCUT2D eigenvalue weighted by molar-refractivity contribution is -0.166. The molecule has 0 N–H and O–H groups in total. The van der Waals surface area contributed by atoms with Gasteiger partial charge in [-0.1, -0.05) is 212 Å². The molecule has 0 aliphatic heterocycles. The number of unbranched alkanes of at least 4 members (excludes halogenated alkanes) is 15. The third kappa shape index (κ3) is 54.4. The molecule has 0 fully saturated rings. The number of rotatable bonds is 48. The monoisotopic (exact) mass is 953 g/mol. The number of hydrogen-bond acceptors (Lipinski definition) is 6. The Kier molecular flexibility index (Phi) is 52.5. The van der Waals surface area contributed by atoms with Crippen molar-refractivity contribution in [1.82, 2.24) is 0 Å². The van der Waals surface area contributed by atoms with E-state index in [0.717, 1.165) is 103 Å². The first-order chi connectivity index (χ1) is 34.0. The van der Waals surface area contributed by atoms with Crippen LogP contribution in [0.5, 0.6) is 0 Å². The predicted octanol–water partition coefficient (Wildman–Crippen LogP) is 18.6. The smallest absolute Gasteiger partial charge is 0.306 e. The fourth-order valence-electron chi connectivity index (χ4n) is 6.97. The van der Waals surface area contributed by atoms with Gasteiger partial charge in [0.2, 0.25) is 0 Å². The van der Waals surface area contributed by atoms with E-state index in [0.29, 0.717) is 19.3 Å². The van der Waals surface area contributed by atoms with Gasteiger partial charge in [-0.25, -0.2) is 0 Å². The Morgan fingerprint density at radius 3 is 1.00 bits per heavy atom. The number of carbonyl (C=O) groups excluding carboxylic acids is 3. The van der Waals surface area contributed by atoms with E-state index in [9.17, 15) is 14.4 Å². The molecule has 0 radical (unpaired) electrons. The minimum atomic E-state index is -0.834. The van der Waals surface area contributed by atoms with Crippen LogP contribution in [0.2, 0.25) is 0 Å². The second-order valence-electron chi connectivity index (χ2n) is 17.7. The molecule has 0 heterocycles. The lowest BCUT2D eigenvalue weighted by atomic mass is 10.1. The molecule has 0 bridgehead atoms. The molecular formula is C63H100O6. The second kappa shape index (κ2) is 56.1. The Bertz CT molecular complexity index is 1510. The van der Waals surface area contributed by atoms with E-state index in [-0.39, 0.29) is 44.0 Å². The molecular weight excluding hydrogens is 853 g/mol. The maximum absolute atomic E-state index is 12.8. The molecule has 0 spiro atoms.